The number of rotatable bonds is 3. The molecule has 2 aromatic carbocycles. The lowest BCUT2D eigenvalue weighted by Crippen LogP contribution is -1.99. The zero-order chi connectivity index (χ0) is 13.8. The van der Waals surface area contributed by atoms with Gasteiger partial charge < -0.3 is 4.74 Å². The molecule has 0 bridgehead atoms. The van der Waals surface area contributed by atoms with E-state index in [0.717, 1.165) is 0 Å². The van der Waals surface area contributed by atoms with E-state index in [4.69, 9.17) is 11.2 Å². The molecule has 0 amide bonds. The lowest BCUT2D eigenvalue weighted by atomic mass is 10.0. The summed E-state index contributed by atoms with van der Waals surface area (Å²) in [5.74, 6) is -0.645. The van der Waals surface area contributed by atoms with E-state index in [0.29, 0.717) is 12.1 Å². The lowest BCUT2D eigenvalue weighted by Gasteiger charge is -2.11. The largest absolute Gasteiger partial charge is 0.480 e. The maximum Gasteiger partial charge on any atom is 0.148 e. The van der Waals surface area contributed by atoms with E-state index < -0.39 is 17.5 Å². The van der Waals surface area contributed by atoms with Gasteiger partial charge in [-0.1, -0.05) is 24.1 Å². The fraction of sp³-hybridized carbons (Fsp3) is 0.0667. The molecule has 0 spiro atoms. The number of halogens is 3. The molecule has 0 aromatic heterocycles. The van der Waals surface area contributed by atoms with Gasteiger partial charge in [0, 0.05) is 23.8 Å². The summed E-state index contributed by atoms with van der Waals surface area (Å²) in [6, 6.07) is 8.42. The van der Waals surface area contributed by atoms with E-state index >= 15 is 0 Å². The van der Waals surface area contributed by atoms with Gasteiger partial charge in [-0.15, -0.1) is 6.42 Å². The third-order valence-electron chi connectivity index (χ3n) is 2.39. The van der Waals surface area contributed by atoms with Crippen molar-refractivity contribution in [3.63, 3.8) is 0 Å². The van der Waals surface area contributed by atoms with Gasteiger partial charge in [0.05, 0.1) is 5.56 Å². The average Bonchev–Trinajstić information content (AvgIpc) is 2.36. The number of hydrogen-bond donors (Lipinski definition) is 0. The number of ether oxygens (including phenoxy) is 1. The van der Waals surface area contributed by atoms with E-state index in [9.17, 15) is 13.2 Å². The third kappa shape index (κ3) is 2.71. The van der Waals surface area contributed by atoms with Gasteiger partial charge in [-0.05, 0) is 0 Å². The molecule has 95 valence electrons. The monoisotopic (exact) mass is 261 g/mol. The maximum atomic E-state index is 13.7. The molecule has 0 aliphatic rings. The topological polar surface area (TPSA) is 9.23 Å². The smallest absolute Gasteiger partial charge is 0.148 e. The molecule has 0 aliphatic carbocycles. The van der Waals surface area contributed by atoms with E-state index in [2.05, 4.69) is 12.0 Å². The molecule has 1 nitrogen and oxygen atoms in total. The summed E-state index contributed by atoms with van der Waals surface area (Å²) < 4.78 is 45.5. The Bertz CT molecular complexity index is 621. The third-order valence-corrected chi connectivity index (χ3v) is 2.39. The highest BCUT2D eigenvalue weighted by Gasteiger charge is 2.17. The molecule has 2 aromatic rings. The summed E-state index contributed by atoms with van der Waals surface area (Å²) in [5.41, 5.74) is -0.238. The van der Waals surface area contributed by atoms with E-state index in [1.54, 1.807) is 6.07 Å². The molecule has 0 fully saturated rings. The molecule has 0 saturated heterocycles. The molecule has 4 heteroatoms. The van der Waals surface area contributed by atoms with E-state index in [1.165, 1.54) is 12.1 Å². The van der Waals surface area contributed by atoms with Gasteiger partial charge >= 0.3 is 0 Å². The summed E-state index contributed by atoms with van der Waals surface area (Å²) in [7, 11) is 0. The van der Waals surface area contributed by atoms with Crippen molar-refractivity contribution >= 4 is 0 Å². The van der Waals surface area contributed by atoms with Gasteiger partial charge in [0.2, 0.25) is 0 Å². The summed E-state index contributed by atoms with van der Waals surface area (Å²) in [4.78, 5) is 0. The van der Waals surface area contributed by atoms with Crippen LogP contribution in [0.2, 0.25) is 0 Å². The number of benzene rings is 2. The quantitative estimate of drug-likeness (QED) is 0.767. The SMILES string of the molecule is C#CCOc1[c]cccc1-c1c(F)cc(F)cc1F. The zero-order valence-corrected chi connectivity index (χ0v) is 9.71. The Morgan fingerprint density at radius 1 is 1.21 bits per heavy atom. The van der Waals surface area contributed by atoms with E-state index in [-0.39, 0.29) is 23.5 Å². The highest BCUT2D eigenvalue weighted by atomic mass is 19.1. The molecule has 2 rings (SSSR count). The van der Waals surface area contributed by atoms with Gasteiger partial charge in [0.25, 0.3) is 0 Å². The van der Waals surface area contributed by atoms with Crippen LogP contribution >= 0.6 is 0 Å². The standard InChI is InChI=1S/C15H8F3O/c1-2-7-19-14-6-4-3-5-11(14)15-12(17)8-10(16)9-13(15)18/h1,3-5,8-9H,7H2. The molecular formula is C15H8F3O. The van der Waals surface area contributed by atoms with Crippen LogP contribution in [0.4, 0.5) is 13.2 Å². The van der Waals surface area contributed by atoms with Crippen molar-refractivity contribution in [2.24, 2.45) is 0 Å². The van der Waals surface area contributed by atoms with Crippen LogP contribution < -0.4 is 4.74 Å². The molecule has 0 atom stereocenters. The van der Waals surface area contributed by atoms with Crippen LogP contribution in [0.3, 0.4) is 0 Å². The fourth-order valence-electron chi connectivity index (χ4n) is 1.65. The Balaban J connectivity index is 2.56. The summed E-state index contributed by atoms with van der Waals surface area (Å²) in [6.07, 6.45) is 5.06. The highest BCUT2D eigenvalue weighted by Crippen LogP contribution is 2.33. The molecule has 0 saturated carbocycles. The minimum Gasteiger partial charge on any atom is -0.480 e. The molecule has 19 heavy (non-hydrogen) atoms. The summed E-state index contributed by atoms with van der Waals surface area (Å²) >= 11 is 0. The van der Waals surface area contributed by atoms with Crippen LogP contribution in [0.1, 0.15) is 0 Å². The molecule has 0 unspecified atom stereocenters. The normalized spacial score (nSPS) is 10.0. The minimum atomic E-state index is -1.01. The first-order valence-corrected chi connectivity index (χ1v) is 5.35. The first-order valence-electron chi connectivity index (χ1n) is 5.35. The van der Waals surface area contributed by atoms with Crippen molar-refractivity contribution in [2.75, 3.05) is 6.61 Å². The molecular weight excluding hydrogens is 253 g/mol. The number of hydrogen-bond acceptors (Lipinski definition) is 1. The van der Waals surface area contributed by atoms with Crippen molar-refractivity contribution in [1.82, 2.24) is 0 Å². The van der Waals surface area contributed by atoms with Gasteiger partial charge in [-0.25, -0.2) is 13.2 Å². The van der Waals surface area contributed by atoms with Crippen LogP contribution in [0.25, 0.3) is 11.1 Å². The van der Waals surface area contributed by atoms with Crippen LogP contribution in [0, 0.1) is 35.9 Å². The second-order valence-electron chi connectivity index (χ2n) is 3.65. The zero-order valence-electron chi connectivity index (χ0n) is 9.71. The molecule has 1 radical (unpaired) electrons. The van der Waals surface area contributed by atoms with Gasteiger partial charge in [0.1, 0.15) is 29.8 Å². The number of para-hydroxylation sites is 1. The fourth-order valence-corrected chi connectivity index (χ4v) is 1.65. The Morgan fingerprint density at radius 3 is 2.53 bits per heavy atom. The average molecular weight is 261 g/mol. The van der Waals surface area contributed by atoms with Crippen molar-refractivity contribution in [3.8, 4) is 29.2 Å². The molecule has 0 aliphatic heterocycles. The highest BCUT2D eigenvalue weighted by molar-refractivity contribution is 5.71. The first kappa shape index (κ1) is 13.0. The minimum absolute atomic E-state index is 0.0576. The predicted molar refractivity (Wildman–Crippen MR) is 64.9 cm³/mol. The van der Waals surface area contributed by atoms with Crippen molar-refractivity contribution < 1.29 is 17.9 Å². The Labute approximate surface area is 108 Å². The van der Waals surface area contributed by atoms with Crippen LogP contribution in [-0.4, -0.2) is 6.61 Å². The molecule has 0 N–H and O–H groups in total. The number of terminal acetylenes is 1. The Hall–Kier alpha value is -2.41. The van der Waals surface area contributed by atoms with Crippen LogP contribution in [0.5, 0.6) is 5.75 Å². The van der Waals surface area contributed by atoms with Gasteiger partial charge in [-0.2, -0.15) is 0 Å². The van der Waals surface area contributed by atoms with Crippen molar-refractivity contribution in [1.29, 1.82) is 0 Å². The van der Waals surface area contributed by atoms with Crippen LogP contribution in [-0.2, 0) is 0 Å². The van der Waals surface area contributed by atoms with Crippen molar-refractivity contribution in [3.05, 3.63) is 53.8 Å². The Morgan fingerprint density at radius 2 is 1.89 bits per heavy atom. The second kappa shape index (κ2) is 5.49. The van der Waals surface area contributed by atoms with E-state index in [1.807, 2.05) is 0 Å². The Kier molecular flexibility index (Phi) is 3.76. The first-order chi connectivity index (χ1) is 9.13. The van der Waals surface area contributed by atoms with Gasteiger partial charge in [-0.3, -0.25) is 0 Å². The summed E-state index contributed by atoms with van der Waals surface area (Å²) in [6.45, 7) is -0.0576. The lowest BCUT2D eigenvalue weighted by molar-refractivity contribution is 0.370. The maximum absolute atomic E-state index is 13.7. The molecule has 0 heterocycles. The van der Waals surface area contributed by atoms with Crippen molar-refractivity contribution in [2.45, 2.75) is 0 Å². The van der Waals surface area contributed by atoms with Gasteiger partial charge in [0.15, 0.2) is 0 Å². The summed E-state index contributed by atoms with van der Waals surface area (Å²) in [5, 5.41) is 0. The predicted octanol–water partition coefficient (Wildman–Crippen LogP) is 3.58. The second-order valence-corrected chi connectivity index (χ2v) is 3.65. The van der Waals surface area contributed by atoms with Crippen LogP contribution in [0.15, 0.2) is 30.3 Å².